The lowest BCUT2D eigenvalue weighted by Gasteiger charge is -2.36. The molecule has 1 aliphatic heterocycles. The van der Waals surface area contributed by atoms with E-state index in [4.69, 9.17) is 23.8 Å². The molecule has 0 atom stereocenters. The third kappa shape index (κ3) is 5.21. The molecule has 1 aromatic heterocycles. The van der Waals surface area contributed by atoms with Crippen LogP contribution in [-0.4, -0.2) is 45.9 Å². The van der Waals surface area contributed by atoms with E-state index < -0.39 is 0 Å². The zero-order chi connectivity index (χ0) is 25.1. The van der Waals surface area contributed by atoms with Gasteiger partial charge in [0.05, 0.1) is 12.2 Å². The van der Waals surface area contributed by atoms with Crippen LogP contribution in [-0.2, 0) is 6.67 Å². The molecule has 36 heavy (non-hydrogen) atoms. The van der Waals surface area contributed by atoms with Gasteiger partial charge in [-0.15, -0.1) is 10.2 Å². The molecule has 0 radical (unpaired) electrons. The molecule has 0 bridgehead atoms. The lowest BCUT2D eigenvalue weighted by molar-refractivity contribution is 0.200. The van der Waals surface area contributed by atoms with Gasteiger partial charge in [0.25, 0.3) is 0 Å². The number of thiocarbonyl (C=S) groups is 1. The monoisotopic (exact) mass is 518 g/mol. The molecule has 0 spiro atoms. The second-order valence-electron chi connectivity index (χ2n) is 8.79. The third-order valence-electron chi connectivity index (χ3n) is 6.43. The van der Waals surface area contributed by atoms with Crippen molar-refractivity contribution in [1.82, 2.24) is 9.47 Å². The first-order chi connectivity index (χ1) is 17.5. The van der Waals surface area contributed by atoms with E-state index in [1.807, 2.05) is 78.2 Å². The highest BCUT2D eigenvalue weighted by atomic mass is 35.5. The first-order valence-electron chi connectivity index (χ1n) is 11.8. The molecule has 1 fully saturated rings. The van der Waals surface area contributed by atoms with Crippen molar-refractivity contribution in [2.75, 3.05) is 36.4 Å². The Morgan fingerprint density at radius 1 is 1.00 bits per heavy atom. The van der Waals surface area contributed by atoms with E-state index in [0.29, 0.717) is 12.4 Å². The maximum absolute atomic E-state index is 11.1. The van der Waals surface area contributed by atoms with Crippen LogP contribution in [0.1, 0.15) is 5.56 Å². The minimum atomic E-state index is 0.0795. The topological polar surface area (TPSA) is 68.4 Å². The lowest BCUT2D eigenvalue weighted by Crippen LogP contribution is -2.46. The van der Waals surface area contributed by atoms with Crippen LogP contribution in [0.2, 0.25) is 5.02 Å². The number of aromatic hydroxyl groups is 1. The van der Waals surface area contributed by atoms with Gasteiger partial charge in [-0.2, -0.15) is 0 Å². The van der Waals surface area contributed by atoms with E-state index in [0.717, 1.165) is 59.0 Å². The van der Waals surface area contributed by atoms with Gasteiger partial charge in [0.2, 0.25) is 11.0 Å². The third-order valence-corrected chi connectivity index (χ3v) is 6.85. The van der Waals surface area contributed by atoms with Crippen molar-refractivity contribution in [3.63, 3.8) is 0 Å². The summed E-state index contributed by atoms with van der Waals surface area (Å²) in [4.78, 5) is 4.65. The molecule has 4 aromatic rings. The number of nitrogens with zero attached hydrogens (tertiary/aromatic N) is 5. The Balaban J connectivity index is 1.32. The van der Waals surface area contributed by atoms with Crippen LogP contribution in [0.25, 0.3) is 10.9 Å². The molecule has 9 heteroatoms. The van der Waals surface area contributed by atoms with Crippen LogP contribution in [0, 0.1) is 6.92 Å². The van der Waals surface area contributed by atoms with Gasteiger partial charge in [-0.1, -0.05) is 54.1 Å². The largest absolute Gasteiger partial charge is 0.493 e. The smallest absolute Gasteiger partial charge is 0.221 e. The molecule has 0 unspecified atom stereocenters. The Hall–Kier alpha value is -3.46. The number of hydrogen-bond donors (Lipinski definition) is 2. The number of hydrogen-bond acceptors (Lipinski definition) is 5. The van der Waals surface area contributed by atoms with Crippen molar-refractivity contribution in [3.8, 4) is 5.88 Å². The first kappa shape index (κ1) is 24.2. The van der Waals surface area contributed by atoms with Gasteiger partial charge in [0.15, 0.2) is 5.69 Å². The van der Waals surface area contributed by atoms with E-state index in [1.165, 1.54) is 0 Å². The molecule has 5 rings (SSSR count). The number of nitrogens with one attached hydrogen (secondary N) is 1. The Labute approximate surface area is 220 Å². The van der Waals surface area contributed by atoms with Gasteiger partial charge in [-0.25, -0.2) is 0 Å². The van der Waals surface area contributed by atoms with E-state index in [1.54, 1.807) is 0 Å². The summed E-state index contributed by atoms with van der Waals surface area (Å²) in [7, 11) is 0. The summed E-state index contributed by atoms with van der Waals surface area (Å²) in [5.41, 5.74) is 4.39. The van der Waals surface area contributed by atoms with Crippen molar-refractivity contribution >= 4 is 56.9 Å². The minimum absolute atomic E-state index is 0.0795. The Morgan fingerprint density at radius 3 is 2.53 bits per heavy atom. The Kier molecular flexibility index (Phi) is 7.18. The standard InChI is InChI=1S/C27H27ClN6OS/c1-19-7-2-4-11-23(19)29-27(36)31-30-25-22-10-3-5-12-24(22)34(26(25)35)18-32-13-15-33(16-14-32)21-9-6-8-20(28)17-21/h2-12,17,35H,13-16,18H2,1H3,(H,29,36). The SMILES string of the molecule is Cc1ccccc1NC(=S)N=Nc1c(O)n(CN2CCN(c3cccc(Cl)c3)CC2)c2ccccc12. The molecule has 3 aromatic carbocycles. The van der Waals surface area contributed by atoms with E-state index in [9.17, 15) is 5.11 Å². The molecule has 0 aliphatic carbocycles. The average molecular weight is 519 g/mol. The molecular weight excluding hydrogens is 492 g/mol. The van der Waals surface area contributed by atoms with Crippen LogP contribution >= 0.6 is 23.8 Å². The van der Waals surface area contributed by atoms with Crippen molar-refractivity contribution < 1.29 is 5.11 Å². The van der Waals surface area contributed by atoms with Crippen molar-refractivity contribution in [2.45, 2.75) is 13.6 Å². The summed E-state index contributed by atoms with van der Waals surface area (Å²) >= 11 is 11.5. The predicted octanol–water partition coefficient (Wildman–Crippen LogP) is 6.57. The van der Waals surface area contributed by atoms with Gasteiger partial charge in [-0.3, -0.25) is 9.47 Å². The number of piperazine rings is 1. The number of rotatable bonds is 5. The Bertz CT molecular complexity index is 1430. The molecule has 184 valence electrons. The van der Waals surface area contributed by atoms with Crippen LogP contribution in [0.3, 0.4) is 0 Å². The highest BCUT2D eigenvalue weighted by Crippen LogP contribution is 2.39. The molecule has 7 nitrogen and oxygen atoms in total. The number of aromatic nitrogens is 1. The predicted molar refractivity (Wildman–Crippen MR) is 151 cm³/mol. The van der Waals surface area contributed by atoms with Gasteiger partial charge >= 0.3 is 0 Å². The summed E-state index contributed by atoms with van der Waals surface area (Å²) < 4.78 is 1.89. The molecule has 0 amide bonds. The number of anilines is 2. The highest BCUT2D eigenvalue weighted by Gasteiger charge is 2.22. The highest BCUT2D eigenvalue weighted by molar-refractivity contribution is 7.80. The second kappa shape index (κ2) is 10.7. The minimum Gasteiger partial charge on any atom is -0.493 e. The van der Waals surface area contributed by atoms with Gasteiger partial charge in [0, 0.05) is 48.0 Å². The second-order valence-corrected chi connectivity index (χ2v) is 9.61. The number of aryl methyl sites for hydroxylation is 1. The molecule has 2 N–H and O–H groups in total. The number of azo groups is 1. The van der Waals surface area contributed by atoms with Gasteiger partial charge in [0.1, 0.15) is 0 Å². The molecule has 0 saturated carbocycles. The molecule has 1 aliphatic rings. The maximum Gasteiger partial charge on any atom is 0.221 e. The van der Waals surface area contributed by atoms with Crippen LogP contribution in [0.5, 0.6) is 5.88 Å². The number of halogens is 1. The molecule has 2 heterocycles. The fraction of sp³-hybridized carbons (Fsp3) is 0.222. The summed E-state index contributed by atoms with van der Waals surface area (Å²) in [6.07, 6.45) is 0. The zero-order valence-electron chi connectivity index (χ0n) is 19.9. The van der Waals surface area contributed by atoms with E-state index in [-0.39, 0.29) is 11.0 Å². The van der Waals surface area contributed by atoms with Crippen LogP contribution in [0.4, 0.5) is 17.1 Å². The summed E-state index contributed by atoms with van der Waals surface area (Å²) in [5.74, 6) is 0.0795. The van der Waals surface area contributed by atoms with Gasteiger partial charge < -0.3 is 15.3 Å². The Morgan fingerprint density at radius 2 is 1.75 bits per heavy atom. The first-order valence-corrected chi connectivity index (χ1v) is 12.6. The lowest BCUT2D eigenvalue weighted by atomic mass is 10.2. The van der Waals surface area contributed by atoms with Crippen molar-refractivity contribution in [3.05, 3.63) is 83.4 Å². The van der Waals surface area contributed by atoms with Crippen molar-refractivity contribution in [1.29, 1.82) is 0 Å². The van der Waals surface area contributed by atoms with Crippen LogP contribution in [0.15, 0.2) is 83.0 Å². The van der Waals surface area contributed by atoms with E-state index in [2.05, 4.69) is 31.4 Å². The fourth-order valence-corrected chi connectivity index (χ4v) is 4.82. The fourth-order valence-electron chi connectivity index (χ4n) is 4.48. The normalized spacial score (nSPS) is 14.6. The summed E-state index contributed by atoms with van der Waals surface area (Å²) in [6.45, 7) is 6.03. The average Bonchev–Trinajstić information content (AvgIpc) is 3.15. The summed E-state index contributed by atoms with van der Waals surface area (Å²) in [5, 5.41) is 24.6. The number of para-hydroxylation sites is 2. The molecule has 1 saturated heterocycles. The zero-order valence-corrected chi connectivity index (χ0v) is 21.5. The quantitative estimate of drug-likeness (QED) is 0.231. The van der Waals surface area contributed by atoms with Crippen molar-refractivity contribution in [2.24, 2.45) is 10.2 Å². The maximum atomic E-state index is 11.1. The number of benzene rings is 3. The summed E-state index contributed by atoms with van der Waals surface area (Å²) in [6, 6.07) is 23.6. The van der Waals surface area contributed by atoms with Gasteiger partial charge in [-0.05, 0) is 55.0 Å². The molecular formula is C27H27ClN6OS. The van der Waals surface area contributed by atoms with E-state index >= 15 is 0 Å². The number of fused-ring (bicyclic) bond motifs is 1. The van der Waals surface area contributed by atoms with Crippen LogP contribution < -0.4 is 10.2 Å².